The van der Waals surface area contributed by atoms with E-state index in [2.05, 4.69) is 5.32 Å². The molecule has 3 atom stereocenters. The number of ether oxygens (including phenoxy) is 2. The molecule has 0 bridgehead atoms. The van der Waals surface area contributed by atoms with E-state index in [1.54, 1.807) is 12.1 Å². The van der Waals surface area contributed by atoms with Crippen molar-refractivity contribution >= 4 is 12.0 Å². The molecule has 32 heavy (non-hydrogen) atoms. The van der Waals surface area contributed by atoms with E-state index in [-0.39, 0.29) is 24.0 Å². The molecular formula is C24H37N3O5. The number of furan rings is 1. The summed E-state index contributed by atoms with van der Waals surface area (Å²) in [5.74, 6) is 0.627. The van der Waals surface area contributed by atoms with E-state index in [9.17, 15) is 9.59 Å². The lowest BCUT2D eigenvalue weighted by molar-refractivity contribution is -0.0194. The van der Waals surface area contributed by atoms with E-state index < -0.39 is 5.60 Å². The molecule has 178 valence electrons. The number of nitrogens with zero attached hydrogens (tertiary/aromatic N) is 2. The van der Waals surface area contributed by atoms with Gasteiger partial charge in [-0.05, 0) is 65.0 Å². The quantitative estimate of drug-likeness (QED) is 0.763. The fourth-order valence-corrected chi connectivity index (χ4v) is 5.24. The molecular weight excluding hydrogens is 410 g/mol. The molecule has 4 heterocycles. The van der Waals surface area contributed by atoms with Crippen LogP contribution < -0.4 is 5.32 Å². The zero-order chi connectivity index (χ0) is 22.7. The Morgan fingerprint density at radius 3 is 2.59 bits per heavy atom. The van der Waals surface area contributed by atoms with Crippen molar-refractivity contribution in [1.82, 2.24) is 15.1 Å². The van der Waals surface area contributed by atoms with Crippen LogP contribution in [-0.4, -0.2) is 78.4 Å². The minimum atomic E-state index is -0.494. The van der Waals surface area contributed by atoms with Gasteiger partial charge in [-0.25, -0.2) is 4.79 Å². The maximum atomic E-state index is 12.8. The SMILES string of the molecule is CC(C)(C)OC(=O)N1CCC[C@@H]1[C@@H]1COCC[C@H]1NC1CCN(C(=O)c2ccco2)CC1. The van der Waals surface area contributed by atoms with Crippen LogP contribution in [0.25, 0.3) is 0 Å². The summed E-state index contributed by atoms with van der Waals surface area (Å²) >= 11 is 0. The first-order valence-electron chi connectivity index (χ1n) is 12.0. The van der Waals surface area contributed by atoms with Gasteiger partial charge in [-0.3, -0.25) is 4.79 Å². The zero-order valence-electron chi connectivity index (χ0n) is 19.5. The molecule has 1 aromatic rings. The van der Waals surface area contributed by atoms with Crippen molar-refractivity contribution in [3.63, 3.8) is 0 Å². The summed E-state index contributed by atoms with van der Waals surface area (Å²) in [6.07, 6.45) is 6.08. The van der Waals surface area contributed by atoms with Gasteiger partial charge in [0.15, 0.2) is 5.76 Å². The van der Waals surface area contributed by atoms with Crippen molar-refractivity contribution in [3.05, 3.63) is 24.2 Å². The van der Waals surface area contributed by atoms with Gasteiger partial charge in [0, 0.05) is 50.3 Å². The Labute approximate surface area is 190 Å². The largest absolute Gasteiger partial charge is 0.459 e. The molecule has 4 rings (SSSR count). The maximum absolute atomic E-state index is 12.8. The molecule has 1 aromatic heterocycles. The number of piperidine rings is 1. The molecule has 1 N–H and O–H groups in total. The standard InChI is InChI=1S/C24H37N3O5/c1-24(2,3)32-23(29)27-11-4-6-20(27)18-16-30-15-10-19(18)25-17-8-12-26(13-9-17)22(28)21-7-5-14-31-21/h5,7,14,17-20,25H,4,6,8-13,15-16H2,1-3H3/t18-,19-,20-/m1/s1. The molecule has 0 saturated carbocycles. The number of rotatable bonds is 4. The van der Waals surface area contributed by atoms with Gasteiger partial charge in [-0.2, -0.15) is 0 Å². The van der Waals surface area contributed by atoms with E-state index >= 15 is 0 Å². The number of nitrogens with one attached hydrogen (secondary N) is 1. The zero-order valence-corrected chi connectivity index (χ0v) is 19.5. The summed E-state index contributed by atoms with van der Waals surface area (Å²) in [4.78, 5) is 29.1. The van der Waals surface area contributed by atoms with Gasteiger partial charge in [-0.15, -0.1) is 0 Å². The highest BCUT2D eigenvalue weighted by Gasteiger charge is 2.42. The number of likely N-dealkylation sites (tertiary alicyclic amines) is 2. The van der Waals surface area contributed by atoms with Crippen LogP contribution in [0.4, 0.5) is 4.79 Å². The predicted octanol–water partition coefficient (Wildman–Crippen LogP) is 3.28. The Balaban J connectivity index is 1.34. The molecule has 3 fully saturated rings. The Kier molecular flexibility index (Phi) is 7.10. The van der Waals surface area contributed by atoms with E-state index in [1.165, 1.54) is 6.26 Å². The van der Waals surface area contributed by atoms with Gasteiger partial charge < -0.3 is 29.0 Å². The highest BCUT2D eigenvalue weighted by atomic mass is 16.6. The van der Waals surface area contributed by atoms with Gasteiger partial charge >= 0.3 is 6.09 Å². The van der Waals surface area contributed by atoms with Crippen LogP contribution in [0.2, 0.25) is 0 Å². The minimum absolute atomic E-state index is 0.0312. The molecule has 8 nitrogen and oxygen atoms in total. The Morgan fingerprint density at radius 2 is 1.91 bits per heavy atom. The molecule has 3 aliphatic rings. The van der Waals surface area contributed by atoms with Gasteiger partial charge in [0.2, 0.25) is 0 Å². The van der Waals surface area contributed by atoms with Crippen LogP contribution in [0.1, 0.15) is 63.4 Å². The van der Waals surface area contributed by atoms with E-state index in [0.29, 0.717) is 24.5 Å². The lowest BCUT2D eigenvalue weighted by atomic mass is 9.86. The highest BCUT2D eigenvalue weighted by Crippen LogP contribution is 2.32. The predicted molar refractivity (Wildman–Crippen MR) is 119 cm³/mol. The topological polar surface area (TPSA) is 84.2 Å². The van der Waals surface area contributed by atoms with Crippen molar-refractivity contribution in [2.45, 2.75) is 76.6 Å². The maximum Gasteiger partial charge on any atom is 0.410 e. The Hall–Kier alpha value is -2.06. The average Bonchev–Trinajstić information content (AvgIpc) is 3.45. The lowest BCUT2D eigenvalue weighted by Crippen LogP contribution is -2.56. The summed E-state index contributed by atoms with van der Waals surface area (Å²) in [6.45, 7) is 9.32. The fraction of sp³-hybridized carbons (Fsp3) is 0.750. The number of amides is 2. The number of carbonyl (C=O) groups excluding carboxylic acids is 2. The van der Waals surface area contributed by atoms with Gasteiger partial charge in [-0.1, -0.05) is 0 Å². The van der Waals surface area contributed by atoms with Crippen molar-refractivity contribution in [2.24, 2.45) is 5.92 Å². The third-order valence-corrected chi connectivity index (χ3v) is 6.79. The lowest BCUT2D eigenvalue weighted by Gasteiger charge is -2.42. The number of hydrogen-bond donors (Lipinski definition) is 1. The van der Waals surface area contributed by atoms with Crippen LogP contribution in [0.3, 0.4) is 0 Å². The summed E-state index contributed by atoms with van der Waals surface area (Å²) in [5.41, 5.74) is -0.494. The summed E-state index contributed by atoms with van der Waals surface area (Å²) < 4.78 is 16.8. The van der Waals surface area contributed by atoms with Crippen molar-refractivity contribution in [1.29, 1.82) is 0 Å². The fourth-order valence-electron chi connectivity index (χ4n) is 5.24. The molecule has 3 saturated heterocycles. The molecule has 8 heteroatoms. The first kappa shape index (κ1) is 23.1. The van der Waals surface area contributed by atoms with Gasteiger partial charge in [0.1, 0.15) is 5.60 Å². The molecule has 0 unspecified atom stereocenters. The highest BCUT2D eigenvalue weighted by molar-refractivity contribution is 5.91. The van der Waals surface area contributed by atoms with Gasteiger partial charge in [0.05, 0.1) is 12.9 Å². The molecule has 2 amide bonds. The average molecular weight is 448 g/mol. The smallest absolute Gasteiger partial charge is 0.410 e. The second-order valence-corrected chi connectivity index (χ2v) is 10.2. The van der Waals surface area contributed by atoms with Gasteiger partial charge in [0.25, 0.3) is 5.91 Å². The minimum Gasteiger partial charge on any atom is -0.459 e. The van der Waals surface area contributed by atoms with Crippen molar-refractivity contribution < 1.29 is 23.5 Å². The van der Waals surface area contributed by atoms with Crippen LogP contribution in [0.15, 0.2) is 22.8 Å². The molecule has 0 spiro atoms. The van der Waals surface area contributed by atoms with Crippen LogP contribution in [0.5, 0.6) is 0 Å². The van der Waals surface area contributed by atoms with Crippen LogP contribution in [0, 0.1) is 5.92 Å². The van der Waals surface area contributed by atoms with Crippen molar-refractivity contribution in [3.8, 4) is 0 Å². The molecule has 0 aliphatic carbocycles. The normalized spacial score (nSPS) is 27.5. The summed E-state index contributed by atoms with van der Waals surface area (Å²) in [7, 11) is 0. The third-order valence-electron chi connectivity index (χ3n) is 6.79. The molecule has 0 aromatic carbocycles. The van der Waals surface area contributed by atoms with Crippen LogP contribution in [-0.2, 0) is 9.47 Å². The second-order valence-electron chi connectivity index (χ2n) is 10.2. The summed E-state index contributed by atoms with van der Waals surface area (Å²) in [5, 5.41) is 3.87. The first-order valence-corrected chi connectivity index (χ1v) is 12.0. The number of hydrogen-bond acceptors (Lipinski definition) is 6. The second kappa shape index (κ2) is 9.83. The Bertz CT molecular complexity index is 767. The third kappa shape index (κ3) is 5.46. The Morgan fingerprint density at radius 1 is 1.12 bits per heavy atom. The van der Waals surface area contributed by atoms with Crippen molar-refractivity contribution in [2.75, 3.05) is 32.8 Å². The number of carbonyl (C=O) groups is 2. The van der Waals surface area contributed by atoms with E-state index in [0.717, 1.165) is 58.3 Å². The monoisotopic (exact) mass is 447 g/mol. The molecule has 3 aliphatic heterocycles. The summed E-state index contributed by atoms with van der Waals surface area (Å²) in [6, 6.07) is 4.27. The van der Waals surface area contributed by atoms with E-state index in [1.807, 2.05) is 30.6 Å². The first-order chi connectivity index (χ1) is 15.3. The van der Waals surface area contributed by atoms with Crippen LogP contribution >= 0.6 is 0 Å². The molecule has 0 radical (unpaired) electrons. The van der Waals surface area contributed by atoms with E-state index in [4.69, 9.17) is 13.9 Å².